The van der Waals surface area contributed by atoms with Crippen LogP contribution in [0, 0.1) is 5.82 Å². The molecule has 5 heteroatoms. The van der Waals surface area contributed by atoms with Crippen molar-refractivity contribution in [2.75, 3.05) is 13.2 Å². The molecular weight excluding hydrogens is 285 g/mol. The first-order valence-corrected chi connectivity index (χ1v) is 7.41. The Hall–Kier alpha value is -2.14. The summed E-state index contributed by atoms with van der Waals surface area (Å²) in [4.78, 5) is 14.3. The van der Waals surface area contributed by atoms with E-state index in [1.165, 1.54) is 18.4 Å². The molecule has 0 saturated carbocycles. The van der Waals surface area contributed by atoms with Crippen LogP contribution in [-0.2, 0) is 11.3 Å². The number of rotatable bonds is 5. The Kier molecular flexibility index (Phi) is 4.53. The molecule has 0 spiro atoms. The first-order valence-electron chi connectivity index (χ1n) is 7.41. The average molecular weight is 303 g/mol. The monoisotopic (exact) mass is 303 g/mol. The third-order valence-corrected chi connectivity index (χ3v) is 3.75. The maximum atomic E-state index is 13.0. The fourth-order valence-corrected chi connectivity index (χ4v) is 2.62. The summed E-state index contributed by atoms with van der Waals surface area (Å²) < 4.78 is 23.8. The molecule has 1 aliphatic rings. The number of ether oxygens (including phenoxy) is 1. The molecule has 22 heavy (non-hydrogen) atoms. The molecule has 116 valence electrons. The normalized spacial score (nSPS) is 17.6. The summed E-state index contributed by atoms with van der Waals surface area (Å²) in [5.74, 6) is -0.156. The summed E-state index contributed by atoms with van der Waals surface area (Å²) in [6.07, 6.45) is 3.50. The van der Waals surface area contributed by atoms with Crippen molar-refractivity contribution in [1.82, 2.24) is 4.90 Å². The lowest BCUT2D eigenvalue weighted by Crippen LogP contribution is -2.36. The van der Waals surface area contributed by atoms with Gasteiger partial charge >= 0.3 is 0 Å². The number of amides is 1. The molecule has 1 saturated heterocycles. The predicted octanol–water partition coefficient (Wildman–Crippen LogP) is 3.24. The van der Waals surface area contributed by atoms with Gasteiger partial charge in [0.2, 0.25) is 0 Å². The minimum Gasteiger partial charge on any atom is -0.459 e. The highest BCUT2D eigenvalue weighted by Crippen LogP contribution is 2.17. The average Bonchev–Trinajstić information content (AvgIpc) is 3.21. The Morgan fingerprint density at radius 2 is 2.09 bits per heavy atom. The summed E-state index contributed by atoms with van der Waals surface area (Å²) in [5.41, 5.74) is 0.874. The zero-order chi connectivity index (χ0) is 15.4. The van der Waals surface area contributed by atoms with Crippen molar-refractivity contribution in [3.8, 4) is 0 Å². The van der Waals surface area contributed by atoms with Crippen LogP contribution in [0.2, 0.25) is 0 Å². The van der Waals surface area contributed by atoms with Gasteiger partial charge in [-0.25, -0.2) is 4.39 Å². The Labute approximate surface area is 128 Å². The summed E-state index contributed by atoms with van der Waals surface area (Å²) in [6, 6.07) is 9.51. The van der Waals surface area contributed by atoms with Gasteiger partial charge in [-0.05, 0) is 42.7 Å². The molecule has 0 unspecified atom stereocenters. The third-order valence-electron chi connectivity index (χ3n) is 3.75. The molecule has 0 bridgehead atoms. The van der Waals surface area contributed by atoms with Gasteiger partial charge in [0.1, 0.15) is 5.82 Å². The molecular formula is C17H18FNO3. The number of furan rings is 1. The van der Waals surface area contributed by atoms with E-state index < -0.39 is 0 Å². The van der Waals surface area contributed by atoms with Crippen LogP contribution in [0.25, 0.3) is 0 Å². The fraction of sp³-hybridized carbons (Fsp3) is 0.353. The first-order chi connectivity index (χ1) is 10.7. The highest BCUT2D eigenvalue weighted by molar-refractivity contribution is 5.91. The van der Waals surface area contributed by atoms with E-state index in [0.29, 0.717) is 18.8 Å². The topological polar surface area (TPSA) is 42.7 Å². The maximum absolute atomic E-state index is 13.0. The van der Waals surface area contributed by atoms with Gasteiger partial charge in [-0.15, -0.1) is 0 Å². The molecule has 2 aromatic rings. The number of nitrogens with zero attached hydrogens (tertiary/aromatic N) is 1. The number of carbonyl (C=O) groups excluding carboxylic acids is 1. The number of benzene rings is 1. The van der Waals surface area contributed by atoms with Crippen LogP contribution in [-0.4, -0.2) is 30.1 Å². The molecule has 1 aromatic heterocycles. The van der Waals surface area contributed by atoms with Gasteiger partial charge in [0, 0.05) is 19.7 Å². The number of carbonyl (C=O) groups is 1. The van der Waals surface area contributed by atoms with E-state index in [1.54, 1.807) is 29.2 Å². The zero-order valence-electron chi connectivity index (χ0n) is 12.2. The fourth-order valence-electron chi connectivity index (χ4n) is 2.62. The molecule has 2 heterocycles. The van der Waals surface area contributed by atoms with E-state index in [0.717, 1.165) is 25.0 Å². The molecule has 3 rings (SSSR count). The Morgan fingerprint density at radius 1 is 1.27 bits per heavy atom. The molecule has 0 radical (unpaired) electrons. The maximum Gasteiger partial charge on any atom is 0.289 e. The predicted molar refractivity (Wildman–Crippen MR) is 78.8 cm³/mol. The van der Waals surface area contributed by atoms with Crippen LogP contribution < -0.4 is 0 Å². The standard InChI is InChI=1S/C17H18FNO3/c18-14-7-5-13(6-8-14)11-19(12-15-3-1-9-21-15)17(20)16-4-2-10-22-16/h2,4-8,10,15H,1,3,9,11-12H2/t15-/m1/s1. The lowest BCUT2D eigenvalue weighted by molar-refractivity contribution is 0.0484. The van der Waals surface area contributed by atoms with Gasteiger partial charge in [-0.2, -0.15) is 0 Å². The smallest absolute Gasteiger partial charge is 0.289 e. The molecule has 1 fully saturated rings. The minimum atomic E-state index is -0.285. The van der Waals surface area contributed by atoms with Crippen molar-refractivity contribution in [1.29, 1.82) is 0 Å². The van der Waals surface area contributed by atoms with E-state index in [2.05, 4.69) is 0 Å². The van der Waals surface area contributed by atoms with Crippen LogP contribution in [0.5, 0.6) is 0 Å². The molecule has 1 amide bonds. The number of hydrogen-bond donors (Lipinski definition) is 0. The van der Waals surface area contributed by atoms with Gasteiger partial charge in [0.25, 0.3) is 5.91 Å². The van der Waals surface area contributed by atoms with Crippen molar-refractivity contribution < 1.29 is 18.3 Å². The number of halogens is 1. The van der Waals surface area contributed by atoms with Crippen LogP contribution >= 0.6 is 0 Å². The SMILES string of the molecule is O=C(c1ccco1)N(Cc1ccc(F)cc1)C[C@H]1CCCO1. The van der Waals surface area contributed by atoms with Crippen LogP contribution in [0.15, 0.2) is 47.1 Å². The molecule has 0 N–H and O–H groups in total. The van der Waals surface area contributed by atoms with Crippen LogP contribution in [0.1, 0.15) is 29.0 Å². The van der Waals surface area contributed by atoms with Crippen molar-refractivity contribution in [2.24, 2.45) is 0 Å². The highest BCUT2D eigenvalue weighted by atomic mass is 19.1. The van der Waals surface area contributed by atoms with Gasteiger partial charge < -0.3 is 14.1 Å². The van der Waals surface area contributed by atoms with Crippen molar-refractivity contribution in [3.63, 3.8) is 0 Å². The molecule has 1 aromatic carbocycles. The van der Waals surface area contributed by atoms with E-state index in [4.69, 9.17) is 9.15 Å². The van der Waals surface area contributed by atoms with Crippen LogP contribution in [0.4, 0.5) is 4.39 Å². The minimum absolute atomic E-state index is 0.0550. The molecule has 1 aliphatic heterocycles. The largest absolute Gasteiger partial charge is 0.459 e. The summed E-state index contributed by atoms with van der Waals surface area (Å²) in [7, 11) is 0. The summed E-state index contributed by atoms with van der Waals surface area (Å²) >= 11 is 0. The Morgan fingerprint density at radius 3 is 2.73 bits per heavy atom. The Balaban J connectivity index is 1.75. The quantitative estimate of drug-likeness (QED) is 0.851. The lowest BCUT2D eigenvalue weighted by atomic mass is 10.1. The second kappa shape index (κ2) is 6.75. The van der Waals surface area contributed by atoms with E-state index in [1.807, 2.05) is 0 Å². The molecule has 0 aliphatic carbocycles. The van der Waals surface area contributed by atoms with Crippen molar-refractivity contribution in [3.05, 3.63) is 59.8 Å². The van der Waals surface area contributed by atoms with Crippen LogP contribution in [0.3, 0.4) is 0 Å². The molecule has 4 nitrogen and oxygen atoms in total. The lowest BCUT2D eigenvalue weighted by Gasteiger charge is -2.24. The Bertz CT molecular complexity index is 603. The molecule has 1 atom stereocenters. The van der Waals surface area contributed by atoms with Crippen molar-refractivity contribution >= 4 is 5.91 Å². The zero-order valence-corrected chi connectivity index (χ0v) is 12.2. The summed E-state index contributed by atoms with van der Waals surface area (Å²) in [5, 5.41) is 0. The second-order valence-corrected chi connectivity index (χ2v) is 5.42. The van der Waals surface area contributed by atoms with Gasteiger partial charge in [0.15, 0.2) is 5.76 Å². The van der Waals surface area contributed by atoms with E-state index >= 15 is 0 Å². The summed E-state index contributed by atoms with van der Waals surface area (Å²) in [6.45, 7) is 1.65. The van der Waals surface area contributed by atoms with Gasteiger partial charge in [-0.1, -0.05) is 12.1 Å². The van der Waals surface area contributed by atoms with Crippen molar-refractivity contribution in [2.45, 2.75) is 25.5 Å². The van der Waals surface area contributed by atoms with Gasteiger partial charge in [-0.3, -0.25) is 4.79 Å². The highest BCUT2D eigenvalue weighted by Gasteiger charge is 2.24. The third kappa shape index (κ3) is 3.54. The van der Waals surface area contributed by atoms with E-state index in [-0.39, 0.29) is 17.8 Å². The first kappa shape index (κ1) is 14.8. The second-order valence-electron chi connectivity index (χ2n) is 5.42. The van der Waals surface area contributed by atoms with E-state index in [9.17, 15) is 9.18 Å². The number of hydrogen-bond acceptors (Lipinski definition) is 3. The van der Waals surface area contributed by atoms with Gasteiger partial charge in [0.05, 0.1) is 12.4 Å².